The van der Waals surface area contributed by atoms with Gasteiger partial charge in [0.15, 0.2) is 0 Å². The second-order valence-corrected chi connectivity index (χ2v) is 15.3. The minimum Gasteiger partial charge on any atom is -0.394 e. The second-order valence-electron chi connectivity index (χ2n) is 14.2. The van der Waals surface area contributed by atoms with E-state index in [-0.39, 0.29) is 40.5 Å². The molecule has 1 N–H and O–H groups in total. The number of ether oxygens (including phenoxy) is 1. The Morgan fingerprint density at radius 3 is 2.27 bits per heavy atom. The quantitative estimate of drug-likeness (QED) is 0.262. The molecule has 0 aromatic rings. The van der Waals surface area contributed by atoms with E-state index in [1.807, 2.05) is 32.6 Å². The zero-order chi connectivity index (χ0) is 30.4. The maximum absolute atomic E-state index is 14.9. The molecule has 226 valence electrons. The zero-order valence-corrected chi connectivity index (χ0v) is 27.2. The third kappa shape index (κ3) is 5.80. The molecule has 3 unspecified atom stereocenters. The summed E-state index contributed by atoms with van der Waals surface area (Å²) in [5, 5.41) is 10.6. The van der Waals surface area contributed by atoms with Crippen molar-refractivity contribution >= 4 is 33.7 Å². The van der Waals surface area contributed by atoms with Gasteiger partial charge in [-0.05, 0) is 44.4 Å². The number of alkyl halides is 1. The van der Waals surface area contributed by atoms with Crippen molar-refractivity contribution in [2.45, 2.75) is 102 Å². The van der Waals surface area contributed by atoms with E-state index < -0.39 is 41.2 Å². The minimum absolute atomic E-state index is 0.0585. The molecular formula is C31H50BrN3O5. The molecule has 9 heteroatoms. The van der Waals surface area contributed by atoms with E-state index in [1.165, 1.54) is 0 Å². The number of aliphatic hydroxyl groups is 1. The van der Waals surface area contributed by atoms with Crippen molar-refractivity contribution in [1.29, 1.82) is 0 Å². The Kier molecular flexibility index (Phi) is 9.74. The number of fused-ring (bicyclic) bond motifs is 1. The van der Waals surface area contributed by atoms with Crippen LogP contribution in [-0.4, -0.2) is 98.4 Å². The van der Waals surface area contributed by atoms with Crippen molar-refractivity contribution in [3.05, 3.63) is 25.3 Å². The van der Waals surface area contributed by atoms with Gasteiger partial charge in [0.25, 0.3) is 0 Å². The smallest absolute Gasteiger partial charge is 0.249 e. The largest absolute Gasteiger partial charge is 0.394 e. The van der Waals surface area contributed by atoms with E-state index in [9.17, 15) is 19.5 Å². The molecule has 1 spiro atoms. The summed E-state index contributed by atoms with van der Waals surface area (Å²) < 4.78 is 6.70. The van der Waals surface area contributed by atoms with Crippen LogP contribution in [0.4, 0.5) is 0 Å². The highest BCUT2D eigenvalue weighted by atomic mass is 79.9. The van der Waals surface area contributed by atoms with Gasteiger partial charge < -0.3 is 24.5 Å². The lowest BCUT2D eigenvalue weighted by atomic mass is 9.70. The molecule has 3 amide bonds. The Labute approximate surface area is 249 Å². The predicted octanol–water partition coefficient (Wildman–Crippen LogP) is 4.02. The molecule has 0 saturated carbocycles. The number of carbonyl (C=O) groups excluding carboxylic acids is 3. The van der Waals surface area contributed by atoms with E-state index in [0.29, 0.717) is 25.9 Å². The molecule has 3 aliphatic heterocycles. The lowest BCUT2D eigenvalue weighted by Crippen LogP contribution is -2.62. The number of rotatable bonds is 12. The van der Waals surface area contributed by atoms with Crippen molar-refractivity contribution in [3.8, 4) is 0 Å². The lowest BCUT2D eigenvalue weighted by Gasteiger charge is -2.46. The van der Waals surface area contributed by atoms with Crippen LogP contribution >= 0.6 is 15.9 Å². The van der Waals surface area contributed by atoms with Gasteiger partial charge in [-0.25, -0.2) is 0 Å². The average Bonchev–Trinajstić information content (AvgIpc) is 3.41. The lowest BCUT2D eigenvalue weighted by molar-refractivity contribution is -0.156. The molecule has 3 saturated heterocycles. The molecule has 7 atom stereocenters. The maximum Gasteiger partial charge on any atom is 0.249 e. The highest BCUT2D eigenvalue weighted by Crippen LogP contribution is 2.61. The molecule has 8 nitrogen and oxygen atoms in total. The summed E-state index contributed by atoms with van der Waals surface area (Å²) in [6, 6.07) is -1.54. The van der Waals surface area contributed by atoms with Crippen molar-refractivity contribution in [3.63, 3.8) is 0 Å². The first kappa shape index (κ1) is 32.8. The number of carbonyl (C=O) groups is 3. The van der Waals surface area contributed by atoms with E-state index in [2.05, 4.69) is 49.9 Å². The number of halogens is 1. The van der Waals surface area contributed by atoms with Crippen molar-refractivity contribution in [1.82, 2.24) is 14.7 Å². The van der Waals surface area contributed by atoms with E-state index in [0.717, 1.165) is 6.42 Å². The second kappa shape index (κ2) is 11.9. The van der Waals surface area contributed by atoms with Gasteiger partial charge in [-0.2, -0.15) is 0 Å². The molecule has 3 aliphatic rings. The van der Waals surface area contributed by atoms with Crippen LogP contribution in [-0.2, 0) is 19.1 Å². The number of hydrogen-bond donors (Lipinski definition) is 1. The molecule has 0 aliphatic carbocycles. The number of likely N-dealkylation sites (tertiary alicyclic amines) is 1. The van der Waals surface area contributed by atoms with Crippen LogP contribution in [0, 0.1) is 23.2 Å². The van der Waals surface area contributed by atoms with E-state index in [1.54, 1.807) is 29.0 Å². The van der Waals surface area contributed by atoms with Crippen LogP contribution in [0.25, 0.3) is 0 Å². The van der Waals surface area contributed by atoms with Crippen LogP contribution < -0.4 is 0 Å². The third-order valence-corrected chi connectivity index (χ3v) is 9.49. The summed E-state index contributed by atoms with van der Waals surface area (Å²) in [7, 11) is 1.70. The number of aliphatic hydroxyl groups excluding tert-OH is 1. The fourth-order valence-electron chi connectivity index (χ4n) is 7.69. The molecule has 40 heavy (non-hydrogen) atoms. The summed E-state index contributed by atoms with van der Waals surface area (Å²) in [6.45, 7) is 22.6. The van der Waals surface area contributed by atoms with Crippen LogP contribution in [0.15, 0.2) is 25.3 Å². The fraction of sp³-hybridized carbons (Fsp3) is 0.774. The van der Waals surface area contributed by atoms with Crippen LogP contribution in [0.2, 0.25) is 0 Å². The van der Waals surface area contributed by atoms with Crippen molar-refractivity contribution in [2.24, 2.45) is 23.2 Å². The van der Waals surface area contributed by atoms with Gasteiger partial charge in [0.1, 0.15) is 11.6 Å². The van der Waals surface area contributed by atoms with Crippen molar-refractivity contribution < 1.29 is 24.2 Å². The number of likely N-dealkylation sites (N-methyl/N-ethyl adjacent to an activating group) is 1. The zero-order valence-electron chi connectivity index (χ0n) is 25.7. The van der Waals surface area contributed by atoms with Gasteiger partial charge in [-0.1, -0.05) is 62.7 Å². The standard InChI is InChI=1S/C31H50BrN3O5/c1-11-13-33(10)26(37)22-23-27(38)35(20(17-36)15-19(3)4)25(31(23)16-21(32)24(22)40-31)28(39)34(14-12-2)30(8,9)18-29(5,6)7/h11-12,19-25,36H,1-2,13-18H2,3-10H3/t20-,21?,22+,23+,24+,25?,31?/m1/s1. The molecule has 0 radical (unpaired) electrons. The molecule has 3 heterocycles. The number of nitrogens with zero attached hydrogens (tertiary/aromatic N) is 3. The molecule has 0 aromatic heterocycles. The Morgan fingerprint density at radius 1 is 1.18 bits per heavy atom. The highest BCUT2D eigenvalue weighted by Gasteiger charge is 2.77. The minimum atomic E-state index is -1.18. The highest BCUT2D eigenvalue weighted by molar-refractivity contribution is 9.09. The Balaban J connectivity index is 2.19. The van der Waals surface area contributed by atoms with Gasteiger partial charge in [0.05, 0.1) is 30.6 Å². The molecular weight excluding hydrogens is 574 g/mol. The SMILES string of the molecule is C=CCN(C)C(=O)[C@H]1[C@H]2C(=O)N([C@@H](CO)CC(C)C)C(C(=O)N(CC=C)C(C)(C)CC(C)(C)C)C23CC(Br)[C@@H]1O3. The predicted molar refractivity (Wildman–Crippen MR) is 161 cm³/mol. The molecule has 3 rings (SSSR count). The van der Waals surface area contributed by atoms with E-state index in [4.69, 9.17) is 4.74 Å². The first-order chi connectivity index (χ1) is 18.5. The summed E-state index contributed by atoms with van der Waals surface area (Å²) in [5.74, 6) is -2.06. The summed E-state index contributed by atoms with van der Waals surface area (Å²) in [6.07, 6.45) is 4.52. The first-order valence-electron chi connectivity index (χ1n) is 14.5. The monoisotopic (exact) mass is 623 g/mol. The summed E-state index contributed by atoms with van der Waals surface area (Å²) in [4.78, 5) is 47.9. The Bertz CT molecular complexity index is 1010. The Hall–Kier alpha value is -1.71. The summed E-state index contributed by atoms with van der Waals surface area (Å²) in [5.41, 5.74) is -1.79. The average molecular weight is 625 g/mol. The maximum atomic E-state index is 14.9. The van der Waals surface area contributed by atoms with Gasteiger partial charge in [-0.15, -0.1) is 13.2 Å². The Morgan fingerprint density at radius 2 is 1.77 bits per heavy atom. The summed E-state index contributed by atoms with van der Waals surface area (Å²) >= 11 is 3.75. The molecule has 0 aromatic carbocycles. The van der Waals surface area contributed by atoms with Crippen LogP contribution in [0.3, 0.4) is 0 Å². The van der Waals surface area contributed by atoms with E-state index >= 15 is 0 Å². The van der Waals surface area contributed by atoms with Gasteiger partial charge >= 0.3 is 0 Å². The van der Waals surface area contributed by atoms with Crippen LogP contribution in [0.1, 0.15) is 67.7 Å². The van der Waals surface area contributed by atoms with Gasteiger partial charge in [0.2, 0.25) is 17.7 Å². The first-order valence-corrected chi connectivity index (χ1v) is 15.4. The topological polar surface area (TPSA) is 90.4 Å². The number of hydrogen-bond acceptors (Lipinski definition) is 5. The molecule has 3 fully saturated rings. The molecule has 2 bridgehead atoms. The fourth-order valence-corrected chi connectivity index (χ4v) is 8.63. The number of amides is 3. The van der Waals surface area contributed by atoms with Gasteiger partial charge in [-0.3, -0.25) is 14.4 Å². The normalized spacial score (nSPS) is 30.4. The van der Waals surface area contributed by atoms with Gasteiger partial charge in [0, 0.05) is 30.5 Å². The third-order valence-electron chi connectivity index (χ3n) is 8.64. The van der Waals surface area contributed by atoms with Crippen molar-refractivity contribution in [2.75, 3.05) is 26.7 Å². The van der Waals surface area contributed by atoms with Crippen LogP contribution in [0.5, 0.6) is 0 Å².